The number of aryl methyl sites for hydroxylation is 2. The third kappa shape index (κ3) is 3.64. The Morgan fingerprint density at radius 1 is 1.33 bits per heavy atom. The Hall–Kier alpha value is -2.63. The van der Waals surface area contributed by atoms with Gasteiger partial charge in [-0.3, -0.25) is 4.79 Å². The molecular weight excluding hydrogens is 309 g/mol. The number of benzene rings is 1. The van der Waals surface area contributed by atoms with Crippen LogP contribution in [-0.4, -0.2) is 17.1 Å². The van der Waals surface area contributed by atoms with Gasteiger partial charge in [-0.1, -0.05) is 12.1 Å². The first-order chi connectivity index (χ1) is 11.4. The molecule has 1 heterocycles. The number of rotatable bonds is 4. The molecule has 6 heteroatoms. The standard InChI is InChI=1S/C18H20FN3O2/c1-10-6-11(2)21-17(23)15(10)9-20-18(24)22-16-8-14(16)12-4-3-5-13(19)7-12/h3-7,14,16H,8-9H2,1-2H3,(H,21,23)(H2,20,22,24)/t14-,16-/m1/s1. The van der Waals surface area contributed by atoms with Crippen molar-refractivity contribution in [3.05, 3.63) is 68.9 Å². The molecule has 2 amide bonds. The number of aromatic amines is 1. The summed E-state index contributed by atoms with van der Waals surface area (Å²) >= 11 is 0. The van der Waals surface area contributed by atoms with Crippen LogP contribution in [0.2, 0.25) is 0 Å². The third-order valence-electron chi connectivity index (χ3n) is 4.30. The van der Waals surface area contributed by atoms with Crippen molar-refractivity contribution in [3.8, 4) is 0 Å². The van der Waals surface area contributed by atoms with E-state index in [2.05, 4.69) is 15.6 Å². The van der Waals surface area contributed by atoms with Crippen molar-refractivity contribution in [1.29, 1.82) is 0 Å². The number of amides is 2. The van der Waals surface area contributed by atoms with Gasteiger partial charge < -0.3 is 15.6 Å². The molecule has 1 saturated carbocycles. The molecule has 0 radical (unpaired) electrons. The maximum atomic E-state index is 13.2. The van der Waals surface area contributed by atoms with Gasteiger partial charge in [-0.05, 0) is 49.6 Å². The number of nitrogens with one attached hydrogen (secondary N) is 3. The van der Waals surface area contributed by atoms with E-state index < -0.39 is 0 Å². The van der Waals surface area contributed by atoms with Crippen molar-refractivity contribution in [2.45, 2.75) is 38.8 Å². The normalized spacial score (nSPS) is 19.0. The molecule has 0 spiro atoms. The fraction of sp³-hybridized carbons (Fsp3) is 0.333. The summed E-state index contributed by atoms with van der Waals surface area (Å²) in [5.74, 6) is -0.118. The van der Waals surface area contributed by atoms with Gasteiger partial charge in [0.25, 0.3) is 5.56 Å². The van der Waals surface area contributed by atoms with E-state index in [0.717, 1.165) is 23.2 Å². The van der Waals surface area contributed by atoms with Crippen molar-refractivity contribution in [2.24, 2.45) is 0 Å². The second-order valence-corrected chi connectivity index (χ2v) is 6.27. The summed E-state index contributed by atoms with van der Waals surface area (Å²) < 4.78 is 13.2. The zero-order valence-corrected chi connectivity index (χ0v) is 13.7. The molecular formula is C18H20FN3O2. The van der Waals surface area contributed by atoms with Crippen molar-refractivity contribution < 1.29 is 9.18 Å². The van der Waals surface area contributed by atoms with Crippen LogP contribution in [0.1, 0.15) is 34.7 Å². The highest BCUT2D eigenvalue weighted by Crippen LogP contribution is 2.40. The molecule has 1 fully saturated rings. The lowest BCUT2D eigenvalue weighted by Gasteiger charge is -2.09. The average Bonchev–Trinajstić information content (AvgIpc) is 3.25. The van der Waals surface area contributed by atoms with Crippen molar-refractivity contribution in [3.63, 3.8) is 0 Å². The van der Waals surface area contributed by atoms with Crippen LogP contribution < -0.4 is 16.2 Å². The quantitative estimate of drug-likeness (QED) is 0.806. The van der Waals surface area contributed by atoms with E-state index in [1.165, 1.54) is 12.1 Å². The second-order valence-electron chi connectivity index (χ2n) is 6.27. The monoisotopic (exact) mass is 329 g/mol. The largest absolute Gasteiger partial charge is 0.335 e. The number of halogens is 1. The van der Waals surface area contributed by atoms with Gasteiger partial charge in [-0.25, -0.2) is 9.18 Å². The number of carbonyl (C=O) groups excluding carboxylic acids is 1. The van der Waals surface area contributed by atoms with Gasteiger partial charge in [-0.2, -0.15) is 0 Å². The molecule has 24 heavy (non-hydrogen) atoms. The molecule has 0 bridgehead atoms. The van der Waals surface area contributed by atoms with Crippen molar-refractivity contribution in [2.75, 3.05) is 0 Å². The topological polar surface area (TPSA) is 74.0 Å². The first kappa shape index (κ1) is 16.2. The number of pyridine rings is 1. The zero-order valence-electron chi connectivity index (χ0n) is 13.7. The van der Waals surface area contributed by atoms with Gasteiger partial charge in [0.15, 0.2) is 0 Å². The highest BCUT2D eigenvalue weighted by molar-refractivity contribution is 5.75. The van der Waals surface area contributed by atoms with Crippen LogP contribution in [-0.2, 0) is 6.54 Å². The maximum Gasteiger partial charge on any atom is 0.315 e. The first-order valence-electron chi connectivity index (χ1n) is 7.93. The molecule has 2 aromatic rings. The molecule has 3 rings (SSSR count). The smallest absolute Gasteiger partial charge is 0.315 e. The molecule has 1 aromatic heterocycles. The number of hydrogen-bond acceptors (Lipinski definition) is 2. The Bertz CT molecular complexity index is 831. The number of H-pyrrole nitrogens is 1. The van der Waals surface area contributed by atoms with Gasteiger partial charge in [-0.15, -0.1) is 0 Å². The van der Waals surface area contributed by atoms with E-state index in [9.17, 15) is 14.0 Å². The van der Waals surface area contributed by atoms with Gasteiger partial charge in [0.2, 0.25) is 0 Å². The molecule has 1 aliphatic carbocycles. The average molecular weight is 329 g/mol. The SMILES string of the molecule is Cc1cc(C)c(CNC(=O)N[C@@H]2C[C@@H]2c2cccc(F)c2)c(=O)[nH]1. The Kier molecular flexibility index (Phi) is 4.38. The highest BCUT2D eigenvalue weighted by Gasteiger charge is 2.39. The molecule has 2 atom stereocenters. The van der Waals surface area contributed by atoms with Crippen LogP contribution in [0.4, 0.5) is 9.18 Å². The van der Waals surface area contributed by atoms with E-state index in [0.29, 0.717) is 5.56 Å². The van der Waals surface area contributed by atoms with Crippen LogP contribution in [0.15, 0.2) is 35.1 Å². The van der Waals surface area contributed by atoms with E-state index in [1.807, 2.05) is 26.0 Å². The summed E-state index contributed by atoms with van der Waals surface area (Å²) in [6, 6.07) is 8.00. The number of aromatic nitrogens is 1. The molecule has 126 valence electrons. The second kappa shape index (κ2) is 6.47. The van der Waals surface area contributed by atoms with E-state index in [1.54, 1.807) is 6.07 Å². The lowest BCUT2D eigenvalue weighted by molar-refractivity contribution is 0.240. The third-order valence-corrected chi connectivity index (χ3v) is 4.30. The van der Waals surface area contributed by atoms with E-state index in [-0.39, 0.29) is 35.9 Å². The minimum absolute atomic E-state index is 0.00389. The van der Waals surface area contributed by atoms with Crippen LogP contribution in [0.5, 0.6) is 0 Å². The van der Waals surface area contributed by atoms with Crippen LogP contribution in [0, 0.1) is 19.7 Å². The van der Waals surface area contributed by atoms with Gasteiger partial charge in [0, 0.05) is 23.2 Å². The fourth-order valence-corrected chi connectivity index (χ4v) is 2.95. The summed E-state index contributed by atoms with van der Waals surface area (Å²) in [5.41, 5.74) is 2.90. The molecule has 3 N–H and O–H groups in total. The minimum atomic E-state index is -0.321. The lowest BCUT2D eigenvalue weighted by Crippen LogP contribution is -2.38. The Labute approximate surface area is 139 Å². The van der Waals surface area contributed by atoms with Gasteiger partial charge in [0.05, 0.1) is 6.54 Å². The highest BCUT2D eigenvalue weighted by atomic mass is 19.1. The van der Waals surface area contributed by atoms with E-state index in [4.69, 9.17) is 0 Å². The molecule has 0 unspecified atom stereocenters. The lowest BCUT2D eigenvalue weighted by atomic mass is 10.1. The zero-order chi connectivity index (χ0) is 17.3. The summed E-state index contributed by atoms with van der Waals surface area (Å²) in [6.07, 6.45) is 0.793. The molecule has 0 aliphatic heterocycles. The van der Waals surface area contributed by atoms with Crippen LogP contribution >= 0.6 is 0 Å². The van der Waals surface area contributed by atoms with Gasteiger partial charge in [0.1, 0.15) is 5.82 Å². The van der Waals surface area contributed by atoms with Gasteiger partial charge >= 0.3 is 6.03 Å². The Morgan fingerprint density at radius 2 is 2.12 bits per heavy atom. The molecule has 1 aromatic carbocycles. The predicted molar refractivity (Wildman–Crippen MR) is 89.5 cm³/mol. The summed E-state index contributed by atoms with van der Waals surface area (Å²) in [5, 5.41) is 5.57. The summed E-state index contributed by atoms with van der Waals surface area (Å²) in [7, 11) is 0. The minimum Gasteiger partial charge on any atom is -0.335 e. The Balaban J connectivity index is 1.54. The van der Waals surface area contributed by atoms with Crippen molar-refractivity contribution in [1.82, 2.24) is 15.6 Å². The molecule has 5 nitrogen and oxygen atoms in total. The first-order valence-corrected chi connectivity index (χ1v) is 7.93. The van der Waals surface area contributed by atoms with Crippen molar-refractivity contribution >= 4 is 6.03 Å². The Morgan fingerprint density at radius 3 is 2.83 bits per heavy atom. The van der Waals surface area contributed by atoms with E-state index >= 15 is 0 Å². The maximum absolute atomic E-state index is 13.2. The predicted octanol–water partition coefficient (Wildman–Crippen LogP) is 2.49. The number of carbonyl (C=O) groups is 1. The van der Waals surface area contributed by atoms with Crippen LogP contribution in [0.25, 0.3) is 0 Å². The summed E-state index contributed by atoms with van der Waals surface area (Å²) in [4.78, 5) is 26.6. The number of urea groups is 1. The molecule has 0 saturated heterocycles. The number of hydrogen-bond donors (Lipinski definition) is 3. The summed E-state index contributed by atoms with van der Waals surface area (Å²) in [6.45, 7) is 3.83. The molecule has 1 aliphatic rings. The van der Waals surface area contributed by atoms with Crippen LogP contribution in [0.3, 0.4) is 0 Å². The fourth-order valence-electron chi connectivity index (χ4n) is 2.95.